The molecule has 2 heterocycles. The third kappa shape index (κ3) is 2.49. The molecule has 6 nitrogen and oxygen atoms in total. The Bertz CT molecular complexity index is 612. The lowest BCUT2D eigenvalue weighted by Crippen LogP contribution is -2.43. The van der Waals surface area contributed by atoms with Crippen LogP contribution in [-0.4, -0.2) is 46.0 Å². The first-order chi connectivity index (χ1) is 9.25. The molecule has 0 aliphatic carbocycles. The first-order valence-electron chi connectivity index (χ1n) is 5.80. The van der Waals surface area contributed by atoms with Crippen LogP contribution in [0.25, 0.3) is 11.0 Å². The number of morpholine rings is 1. The number of benzene rings is 1. The standard InChI is InChI=1S/C11H11ClN4O2S/c12-7-1-2-8-10(15-19-14-8)9(7)13-11(17)16-3-5-18-6-4-16/h1-2H,3-6H2,(H,13,17). The molecule has 100 valence electrons. The molecule has 0 radical (unpaired) electrons. The molecule has 8 heteroatoms. The van der Waals surface area contributed by atoms with Crippen LogP contribution in [-0.2, 0) is 4.74 Å². The van der Waals surface area contributed by atoms with E-state index in [2.05, 4.69) is 14.1 Å². The highest BCUT2D eigenvalue weighted by Gasteiger charge is 2.19. The zero-order valence-electron chi connectivity index (χ0n) is 9.93. The molecule has 1 aliphatic heterocycles. The number of fused-ring (bicyclic) bond motifs is 1. The average molecular weight is 299 g/mol. The predicted octanol–water partition coefficient (Wildman–Crippen LogP) is 2.21. The van der Waals surface area contributed by atoms with Crippen molar-refractivity contribution in [1.29, 1.82) is 0 Å². The molecule has 2 aromatic rings. The fourth-order valence-electron chi connectivity index (χ4n) is 1.90. The Balaban J connectivity index is 1.86. The number of halogens is 1. The third-order valence-corrected chi connectivity index (χ3v) is 3.76. The molecule has 0 spiro atoms. The second kappa shape index (κ2) is 5.28. The quantitative estimate of drug-likeness (QED) is 0.876. The number of anilines is 1. The van der Waals surface area contributed by atoms with E-state index in [4.69, 9.17) is 16.3 Å². The van der Waals surface area contributed by atoms with Gasteiger partial charge in [0, 0.05) is 13.1 Å². The van der Waals surface area contributed by atoms with Crippen molar-refractivity contribution in [2.75, 3.05) is 31.6 Å². The number of rotatable bonds is 1. The predicted molar refractivity (Wildman–Crippen MR) is 73.8 cm³/mol. The largest absolute Gasteiger partial charge is 0.378 e. The van der Waals surface area contributed by atoms with Crippen LogP contribution in [0.1, 0.15) is 0 Å². The van der Waals surface area contributed by atoms with Crippen LogP contribution in [0.5, 0.6) is 0 Å². The van der Waals surface area contributed by atoms with E-state index in [-0.39, 0.29) is 6.03 Å². The van der Waals surface area contributed by atoms with Gasteiger partial charge in [0.1, 0.15) is 11.0 Å². The Labute approximate surface area is 118 Å². The van der Waals surface area contributed by atoms with Crippen LogP contribution in [0.4, 0.5) is 10.5 Å². The Morgan fingerprint density at radius 3 is 2.95 bits per heavy atom. The normalized spacial score (nSPS) is 15.7. The summed E-state index contributed by atoms with van der Waals surface area (Å²) in [5.74, 6) is 0. The van der Waals surface area contributed by atoms with Gasteiger partial charge in [-0.1, -0.05) is 11.6 Å². The van der Waals surface area contributed by atoms with Gasteiger partial charge in [-0.25, -0.2) is 4.79 Å². The van der Waals surface area contributed by atoms with Gasteiger partial charge < -0.3 is 15.0 Å². The van der Waals surface area contributed by atoms with Crippen LogP contribution >= 0.6 is 23.3 Å². The zero-order valence-corrected chi connectivity index (χ0v) is 11.5. The number of carbonyl (C=O) groups excluding carboxylic acids is 1. The van der Waals surface area contributed by atoms with Crippen LogP contribution in [0.2, 0.25) is 5.02 Å². The van der Waals surface area contributed by atoms with Crippen molar-refractivity contribution in [3.63, 3.8) is 0 Å². The minimum Gasteiger partial charge on any atom is -0.378 e. The summed E-state index contributed by atoms with van der Waals surface area (Å²) in [5, 5.41) is 3.27. The Hall–Kier alpha value is -1.44. The lowest BCUT2D eigenvalue weighted by molar-refractivity contribution is 0.0565. The van der Waals surface area contributed by atoms with Gasteiger partial charge in [-0.2, -0.15) is 8.75 Å². The lowest BCUT2D eigenvalue weighted by Gasteiger charge is -2.27. The van der Waals surface area contributed by atoms with E-state index in [9.17, 15) is 4.79 Å². The van der Waals surface area contributed by atoms with Crippen molar-refractivity contribution < 1.29 is 9.53 Å². The van der Waals surface area contributed by atoms with Gasteiger partial charge in [-0.05, 0) is 12.1 Å². The Morgan fingerprint density at radius 1 is 1.37 bits per heavy atom. The highest BCUT2D eigenvalue weighted by Crippen LogP contribution is 2.30. The monoisotopic (exact) mass is 298 g/mol. The summed E-state index contributed by atoms with van der Waals surface area (Å²) in [4.78, 5) is 13.8. The van der Waals surface area contributed by atoms with Gasteiger partial charge >= 0.3 is 6.03 Å². The van der Waals surface area contributed by atoms with Crippen LogP contribution < -0.4 is 5.32 Å². The van der Waals surface area contributed by atoms with Crippen molar-refractivity contribution in [1.82, 2.24) is 13.6 Å². The summed E-state index contributed by atoms with van der Waals surface area (Å²) in [5.41, 5.74) is 1.87. The number of urea groups is 1. The lowest BCUT2D eigenvalue weighted by atomic mass is 10.2. The second-order valence-electron chi connectivity index (χ2n) is 4.08. The molecule has 1 aromatic carbocycles. The van der Waals surface area contributed by atoms with Gasteiger partial charge in [0.05, 0.1) is 35.7 Å². The van der Waals surface area contributed by atoms with Gasteiger partial charge in [0.2, 0.25) is 0 Å². The van der Waals surface area contributed by atoms with Crippen LogP contribution in [0.15, 0.2) is 12.1 Å². The van der Waals surface area contributed by atoms with E-state index < -0.39 is 0 Å². The minimum atomic E-state index is -0.189. The minimum absolute atomic E-state index is 0.189. The summed E-state index contributed by atoms with van der Waals surface area (Å²) in [7, 11) is 0. The van der Waals surface area contributed by atoms with Crippen molar-refractivity contribution in [2.24, 2.45) is 0 Å². The summed E-state index contributed by atoms with van der Waals surface area (Å²) in [6, 6.07) is 3.30. The molecular weight excluding hydrogens is 288 g/mol. The molecular formula is C11H11ClN4O2S. The molecule has 3 rings (SSSR count). The Morgan fingerprint density at radius 2 is 2.16 bits per heavy atom. The van der Waals surface area contributed by atoms with Gasteiger partial charge in [-0.3, -0.25) is 0 Å². The zero-order chi connectivity index (χ0) is 13.2. The summed E-state index contributed by atoms with van der Waals surface area (Å²) < 4.78 is 13.5. The maximum absolute atomic E-state index is 12.1. The smallest absolute Gasteiger partial charge is 0.322 e. The third-order valence-electron chi connectivity index (χ3n) is 2.91. The van der Waals surface area contributed by atoms with Crippen molar-refractivity contribution in [3.8, 4) is 0 Å². The van der Waals surface area contributed by atoms with E-state index in [1.54, 1.807) is 17.0 Å². The topological polar surface area (TPSA) is 67.4 Å². The molecule has 0 saturated carbocycles. The first-order valence-corrected chi connectivity index (χ1v) is 6.91. The number of ether oxygens (including phenoxy) is 1. The van der Waals surface area contributed by atoms with Gasteiger partial charge in [0.25, 0.3) is 0 Å². The number of hydrogen-bond donors (Lipinski definition) is 1. The van der Waals surface area contributed by atoms with Crippen LogP contribution in [0.3, 0.4) is 0 Å². The van der Waals surface area contributed by atoms with Gasteiger partial charge in [0.15, 0.2) is 0 Å². The average Bonchev–Trinajstić information content (AvgIpc) is 2.91. The molecule has 19 heavy (non-hydrogen) atoms. The Kier molecular flexibility index (Phi) is 3.50. The maximum Gasteiger partial charge on any atom is 0.322 e. The number of nitrogens with one attached hydrogen (secondary N) is 1. The second-order valence-corrected chi connectivity index (χ2v) is 5.02. The summed E-state index contributed by atoms with van der Waals surface area (Å²) >= 11 is 7.22. The van der Waals surface area contributed by atoms with Gasteiger partial charge in [-0.15, -0.1) is 0 Å². The summed E-state index contributed by atoms with van der Waals surface area (Å²) in [6.45, 7) is 2.27. The molecule has 1 aliphatic rings. The SMILES string of the molecule is O=C(Nc1c(Cl)ccc2nsnc12)N1CCOCC1. The van der Waals surface area contributed by atoms with E-state index in [1.807, 2.05) is 0 Å². The van der Waals surface area contributed by atoms with Crippen molar-refractivity contribution in [3.05, 3.63) is 17.2 Å². The molecule has 1 aromatic heterocycles. The van der Waals surface area contributed by atoms with E-state index in [0.717, 1.165) is 17.2 Å². The molecule has 0 atom stereocenters. The number of nitrogens with zero attached hydrogens (tertiary/aromatic N) is 3. The van der Waals surface area contributed by atoms with Crippen molar-refractivity contribution >= 4 is 46.1 Å². The van der Waals surface area contributed by atoms with Crippen LogP contribution in [0, 0.1) is 0 Å². The molecule has 0 unspecified atom stereocenters. The molecule has 0 bridgehead atoms. The highest BCUT2D eigenvalue weighted by atomic mass is 35.5. The van der Waals surface area contributed by atoms with E-state index >= 15 is 0 Å². The summed E-state index contributed by atoms with van der Waals surface area (Å²) in [6.07, 6.45) is 0. The van der Waals surface area contributed by atoms with Crippen molar-refractivity contribution in [2.45, 2.75) is 0 Å². The maximum atomic E-state index is 12.1. The highest BCUT2D eigenvalue weighted by molar-refractivity contribution is 7.00. The molecule has 1 saturated heterocycles. The fraction of sp³-hybridized carbons (Fsp3) is 0.364. The number of carbonyl (C=O) groups is 1. The molecule has 1 N–H and O–H groups in total. The first kappa shape index (κ1) is 12.6. The van der Waals surface area contributed by atoms with E-state index in [1.165, 1.54) is 0 Å². The molecule has 2 amide bonds. The molecule has 1 fully saturated rings. The fourth-order valence-corrected chi connectivity index (χ4v) is 2.64. The number of hydrogen-bond acceptors (Lipinski definition) is 5. The number of amides is 2. The number of aromatic nitrogens is 2. The van der Waals surface area contributed by atoms with E-state index in [0.29, 0.717) is 42.5 Å².